The SMILES string of the molecule is COc1c(Cl)ccc2nonc12. The summed E-state index contributed by atoms with van der Waals surface area (Å²) >= 11 is 5.83. The van der Waals surface area contributed by atoms with Gasteiger partial charge in [0.05, 0.1) is 12.1 Å². The van der Waals surface area contributed by atoms with Crippen LogP contribution in [0.2, 0.25) is 5.02 Å². The zero-order valence-corrected chi connectivity index (χ0v) is 7.00. The van der Waals surface area contributed by atoms with E-state index in [0.29, 0.717) is 21.8 Å². The third kappa shape index (κ3) is 0.921. The maximum Gasteiger partial charge on any atom is 0.178 e. The number of methoxy groups -OCH3 is 1. The predicted octanol–water partition coefficient (Wildman–Crippen LogP) is 1.88. The van der Waals surface area contributed by atoms with E-state index in [1.54, 1.807) is 12.1 Å². The molecule has 62 valence electrons. The highest BCUT2D eigenvalue weighted by Crippen LogP contribution is 2.30. The first-order chi connectivity index (χ1) is 5.83. The molecule has 0 amide bonds. The summed E-state index contributed by atoms with van der Waals surface area (Å²) in [4.78, 5) is 0. The van der Waals surface area contributed by atoms with Gasteiger partial charge in [-0.05, 0) is 22.4 Å². The Kier molecular flexibility index (Phi) is 1.62. The second-order valence-corrected chi connectivity index (χ2v) is 2.62. The molecular formula is C7H5ClN2O2. The molecule has 1 heterocycles. The highest BCUT2D eigenvalue weighted by molar-refractivity contribution is 6.33. The van der Waals surface area contributed by atoms with Crippen molar-refractivity contribution in [1.29, 1.82) is 0 Å². The molecule has 0 aliphatic rings. The summed E-state index contributed by atoms with van der Waals surface area (Å²) in [5.74, 6) is 0.496. The predicted molar refractivity (Wildman–Crippen MR) is 43.4 cm³/mol. The van der Waals surface area contributed by atoms with Crippen molar-refractivity contribution in [3.05, 3.63) is 17.2 Å². The van der Waals surface area contributed by atoms with Crippen LogP contribution in [0.1, 0.15) is 0 Å². The highest BCUT2D eigenvalue weighted by atomic mass is 35.5. The number of rotatable bonds is 1. The summed E-state index contributed by atoms with van der Waals surface area (Å²) in [7, 11) is 1.52. The van der Waals surface area contributed by atoms with Crippen molar-refractivity contribution in [2.45, 2.75) is 0 Å². The molecule has 5 heteroatoms. The number of hydrogen-bond acceptors (Lipinski definition) is 4. The molecule has 0 aliphatic carbocycles. The first kappa shape index (κ1) is 7.36. The van der Waals surface area contributed by atoms with E-state index in [4.69, 9.17) is 16.3 Å². The molecule has 4 nitrogen and oxygen atoms in total. The Balaban J connectivity index is 2.83. The van der Waals surface area contributed by atoms with Crippen LogP contribution in [-0.2, 0) is 0 Å². The number of fused-ring (bicyclic) bond motifs is 1. The van der Waals surface area contributed by atoms with Crippen molar-refractivity contribution in [2.24, 2.45) is 0 Å². The van der Waals surface area contributed by atoms with Crippen LogP contribution in [0.4, 0.5) is 0 Å². The van der Waals surface area contributed by atoms with Gasteiger partial charge in [-0.2, -0.15) is 0 Å². The molecule has 0 saturated heterocycles. The summed E-state index contributed by atoms with van der Waals surface area (Å²) in [5.41, 5.74) is 1.18. The fraction of sp³-hybridized carbons (Fsp3) is 0.143. The second-order valence-electron chi connectivity index (χ2n) is 2.21. The fourth-order valence-corrected chi connectivity index (χ4v) is 1.23. The number of benzene rings is 1. The lowest BCUT2D eigenvalue weighted by Crippen LogP contribution is -1.85. The second kappa shape index (κ2) is 2.64. The average Bonchev–Trinajstić information content (AvgIpc) is 2.52. The first-order valence-electron chi connectivity index (χ1n) is 3.27. The molecule has 0 bridgehead atoms. The number of halogens is 1. The van der Waals surface area contributed by atoms with Gasteiger partial charge in [0.15, 0.2) is 11.3 Å². The monoisotopic (exact) mass is 184 g/mol. The molecule has 0 saturated carbocycles. The molecule has 0 atom stereocenters. The highest BCUT2D eigenvalue weighted by Gasteiger charge is 2.10. The molecule has 2 rings (SSSR count). The zero-order valence-electron chi connectivity index (χ0n) is 6.24. The quantitative estimate of drug-likeness (QED) is 0.679. The van der Waals surface area contributed by atoms with Crippen molar-refractivity contribution in [3.63, 3.8) is 0 Å². The van der Waals surface area contributed by atoms with Crippen LogP contribution >= 0.6 is 11.6 Å². The Hall–Kier alpha value is -1.29. The van der Waals surface area contributed by atoms with Gasteiger partial charge in [0.25, 0.3) is 0 Å². The fourth-order valence-electron chi connectivity index (χ4n) is 0.997. The average molecular weight is 185 g/mol. The van der Waals surface area contributed by atoms with E-state index in [0.717, 1.165) is 0 Å². The molecule has 1 aromatic heterocycles. The van der Waals surface area contributed by atoms with Crippen LogP contribution in [0.15, 0.2) is 16.8 Å². The summed E-state index contributed by atoms with van der Waals surface area (Å²) in [6.45, 7) is 0. The molecule has 0 aliphatic heterocycles. The Bertz CT molecular complexity index is 413. The van der Waals surface area contributed by atoms with Gasteiger partial charge in [0.1, 0.15) is 5.52 Å². The van der Waals surface area contributed by atoms with Crippen LogP contribution in [0, 0.1) is 0 Å². The lowest BCUT2D eigenvalue weighted by Gasteiger charge is -1.99. The summed E-state index contributed by atoms with van der Waals surface area (Å²) in [6, 6.07) is 3.41. The molecule has 0 unspecified atom stereocenters. The van der Waals surface area contributed by atoms with E-state index < -0.39 is 0 Å². The van der Waals surface area contributed by atoms with Crippen LogP contribution in [0.5, 0.6) is 5.75 Å². The third-order valence-electron chi connectivity index (χ3n) is 1.54. The largest absolute Gasteiger partial charge is 0.493 e. The van der Waals surface area contributed by atoms with Crippen molar-refractivity contribution in [1.82, 2.24) is 10.3 Å². The van der Waals surface area contributed by atoms with Crippen LogP contribution in [0.25, 0.3) is 11.0 Å². The van der Waals surface area contributed by atoms with E-state index >= 15 is 0 Å². The minimum Gasteiger partial charge on any atom is -0.493 e. The Morgan fingerprint density at radius 1 is 1.42 bits per heavy atom. The van der Waals surface area contributed by atoms with E-state index in [1.165, 1.54) is 7.11 Å². The van der Waals surface area contributed by atoms with Gasteiger partial charge in [-0.15, -0.1) is 0 Å². The van der Waals surface area contributed by atoms with Gasteiger partial charge in [0, 0.05) is 0 Å². The van der Waals surface area contributed by atoms with E-state index in [9.17, 15) is 0 Å². The van der Waals surface area contributed by atoms with Gasteiger partial charge in [-0.3, -0.25) is 0 Å². The number of nitrogens with zero attached hydrogens (tertiary/aromatic N) is 2. The minimum atomic E-state index is 0.496. The molecular weight excluding hydrogens is 180 g/mol. The molecule has 0 spiro atoms. The molecule has 1 aromatic carbocycles. The number of hydrogen-bond donors (Lipinski definition) is 0. The zero-order chi connectivity index (χ0) is 8.55. The number of ether oxygens (including phenoxy) is 1. The van der Waals surface area contributed by atoms with Crippen LogP contribution in [0.3, 0.4) is 0 Å². The molecule has 0 N–H and O–H groups in total. The molecule has 12 heavy (non-hydrogen) atoms. The van der Waals surface area contributed by atoms with Crippen molar-refractivity contribution in [2.75, 3.05) is 7.11 Å². The summed E-state index contributed by atoms with van der Waals surface area (Å²) < 4.78 is 9.55. The van der Waals surface area contributed by atoms with Crippen molar-refractivity contribution >= 4 is 22.6 Å². The molecule has 0 fully saturated rings. The standard InChI is InChI=1S/C7H5ClN2O2/c1-11-7-4(8)2-3-5-6(7)10-12-9-5/h2-3H,1H3. The van der Waals surface area contributed by atoms with Gasteiger partial charge in [-0.25, -0.2) is 4.63 Å². The van der Waals surface area contributed by atoms with Gasteiger partial charge in [0.2, 0.25) is 0 Å². The first-order valence-corrected chi connectivity index (χ1v) is 3.65. The maximum absolute atomic E-state index is 5.83. The van der Waals surface area contributed by atoms with E-state index in [-0.39, 0.29) is 0 Å². The van der Waals surface area contributed by atoms with Gasteiger partial charge < -0.3 is 4.74 Å². The topological polar surface area (TPSA) is 48.2 Å². The van der Waals surface area contributed by atoms with Gasteiger partial charge >= 0.3 is 0 Å². The van der Waals surface area contributed by atoms with E-state index in [2.05, 4.69) is 14.9 Å². The number of aromatic nitrogens is 2. The minimum absolute atomic E-state index is 0.496. The lowest BCUT2D eigenvalue weighted by molar-refractivity contribution is 0.314. The van der Waals surface area contributed by atoms with Crippen molar-refractivity contribution < 1.29 is 9.37 Å². The summed E-state index contributed by atoms with van der Waals surface area (Å²) in [6.07, 6.45) is 0. The Labute approximate surface area is 73.0 Å². The smallest absolute Gasteiger partial charge is 0.178 e. The maximum atomic E-state index is 5.83. The van der Waals surface area contributed by atoms with E-state index in [1.807, 2.05) is 0 Å². The van der Waals surface area contributed by atoms with Crippen molar-refractivity contribution in [3.8, 4) is 5.75 Å². The molecule has 2 aromatic rings. The van der Waals surface area contributed by atoms with Crippen LogP contribution < -0.4 is 4.74 Å². The lowest BCUT2D eigenvalue weighted by atomic mass is 10.3. The Morgan fingerprint density at radius 2 is 2.25 bits per heavy atom. The third-order valence-corrected chi connectivity index (χ3v) is 1.84. The van der Waals surface area contributed by atoms with Gasteiger partial charge in [-0.1, -0.05) is 11.6 Å². The summed E-state index contributed by atoms with van der Waals surface area (Å²) in [5, 5.41) is 7.80. The normalized spacial score (nSPS) is 10.5. The molecule has 0 radical (unpaired) electrons. The Morgan fingerprint density at radius 3 is 3.00 bits per heavy atom. The van der Waals surface area contributed by atoms with Crippen LogP contribution in [-0.4, -0.2) is 17.4 Å².